The number of carbonyl (C=O) groups is 1. The summed E-state index contributed by atoms with van der Waals surface area (Å²) in [4.78, 5) is 18.7. The number of anilines is 1. The van der Waals surface area contributed by atoms with E-state index in [9.17, 15) is 13.6 Å². The Bertz CT molecular complexity index is 956. The van der Waals surface area contributed by atoms with Gasteiger partial charge in [0.25, 0.3) is 5.92 Å². The number of nitrogens with zero attached hydrogens (tertiary/aromatic N) is 2. The second kappa shape index (κ2) is 10.5. The maximum absolute atomic E-state index is 13.0. The number of aliphatic hydroxyl groups excluding tert-OH is 1. The van der Waals surface area contributed by atoms with Gasteiger partial charge in [0, 0.05) is 32.5 Å². The smallest absolute Gasteiger partial charge is 0.255 e. The fraction of sp³-hybridized carbons (Fsp3) is 0.520. The van der Waals surface area contributed by atoms with Gasteiger partial charge in [-0.25, -0.2) is 13.8 Å². The first-order chi connectivity index (χ1) is 16.4. The van der Waals surface area contributed by atoms with E-state index in [1.807, 2.05) is 37.3 Å². The number of benzene rings is 1. The number of halogens is 2. The summed E-state index contributed by atoms with van der Waals surface area (Å²) in [6.45, 7) is 3.87. The Balaban J connectivity index is 1.23. The maximum Gasteiger partial charge on any atom is 0.255 e. The topological polar surface area (TPSA) is 83.9 Å². The molecule has 1 aromatic carbocycles. The predicted octanol–water partition coefficient (Wildman–Crippen LogP) is 3.38. The van der Waals surface area contributed by atoms with Gasteiger partial charge in [-0.3, -0.25) is 4.79 Å². The Hall–Kier alpha value is -2.94. The average molecular weight is 476 g/mol. The summed E-state index contributed by atoms with van der Waals surface area (Å²) >= 11 is 0. The van der Waals surface area contributed by atoms with Crippen LogP contribution in [0.2, 0.25) is 0 Å². The molecule has 1 aromatic heterocycles. The van der Waals surface area contributed by atoms with Crippen molar-refractivity contribution in [3.05, 3.63) is 48.2 Å². The zero-order valence-corrected chi connectivity index (χ0v) is 19.3. The summed E-state index contributed by atoms with van der Waals surface area (Å²) in [5, 5.41) is 11.6. The molecule has 0 radical (unpaired) electrons. The van der Waals surface area contributed by atoms with Gasteiger partial charge in [-0.05, 0) is 43.2 Å². The van der Waals surface area contributed by atoms with Crippen LogP contribution in [0.15, 0.2) is 42.6 Å². The predicted molar refractivity (Wildman–Crippen MR) is 124 cm³/mol. The van der Waals surface area contributed by atoms with Gasteiger partial charge >= 0.3 is 0 Å². The lowest BCUT2D eigenvalue weighted by Crippen LogP contribution is -2.29. The molecule has 1 saturated heterocycles. The monoisotopic (exact) mass is 475 g/mol. The summed E-state index contributed by atoms with van der Waals surface area (Å²) in [5.74, 6) is -1.57. The van der Waals surface area contributed by atoms with E-state index < -0.39 is 11.8 Å². The minimum Gasteiger partial charge on any atom is -0.491 e. The van der Waals surface area contributed by atoms with Crippen LogP contribution in [0.5, 0.6) is 11.5 Å². The van der Waals surface area contributed by atoms with Crippen LogP contribution >= 0.6 is 0 Å². The molecule has 3 atom stereocenters. The summed E-state index contributed by atoms with van der Waals surface area (Å²) in [5.41, 5.74) is 0.902. The summed E-state index contributed by atoms with van der Waals surface area (Å²) < 4.78 is 37.5. The first kappa shape index (κ1) is 24.2. The summed E-state index contributed by atoms with van der Waals surface area (Å²) in [6, 6.07) is 11.2. The van der Waals surface area contributed by atoms with Crippen molar-refractivity contribution in [3.63, 3.8) is 0 Å². The van der Waals surface area contributed by atoms with E-state index in [0.29, 0.717) is 25.3 Å². The Morgan fingerprint density at radius 2 is 2.00 bits per heavy atom. The van der Waals surface area contributed by atoms with Crippen molar-refractivity contribution >= 4 is 11.7 Å². The highest BCUT2D eigenvalue weighted by atomic mass is 19.3. The fourth-order valence-electron chi connectivity index (χ4n) is 3.95. The Labute approximate surface area is 198 Å². The Kier molecular flexibility index (Phi) is 7.50. The van der Waals surface area contributed by atoms with Crippen LogP contribution in [-0.4, -0.2) is 60.9 Å². The number of nitrogens with one attached hydrogen (secondary N) is 1. The molecule has 1 saturated carbocycles. The maximum atomic E-state index is 13.0. The number of pyridine rings is 1. The number of ether oxygens (including phenoxy) is 2. The molecule has 2 aliphatic rings. The third kappa shape index (κ3) is 6.14. The van der Waals surface area contributed by atoms with E-state index >= 15 is 0 Å². The van der Waals surface area contributed by atoms with E-state index in [0.717, 1.165) is 30.1 Å². The molecule has 34 heavy (non-hydrogen) atoms. The second-order valence-electron chi connectivity index (χ2n) is 8.96. The van der Waals surface area contributed by atoms with Crippen LogP contribution in [0, 0.1) is 5.92 Å². The molecule has 184 valence electrons. The van der Waals surface area contributed by atoms with Crippen molar-refractivity contribution in [2.24, 2.45) is 5.92 Å². The largest absolute Gasteiger partial charge is 0.491 e. The molecule has 2 N–H and O–H groups in total. The van der Waals surface area contributed by atoms with Crippen LogP contribution < -0.4 is 19.7 Å². The van der Waals surface area contributed by atoms with Crippen LogP contribution in [-0.2, 0) is 4.79 Å². The van der Waals surface area contributed by atoms with Crippen LogP contribution in [0.1, 0.15) is 37.7 Å². The fourth-order valence-corrected chi connectivity index (χ4v) is 3.95. The molecule has 1 amide bonds. The molecular weight excluding hydrogens is 444 g/mol. The number of rotatable bonds is 11. The second-order valence-corrected chi connectivity index (χ2v) is 8.96. The van der Waals surface area contributed by atoms with Crippen molar-refractivity contribution < 1.29 is 28.2 Å². The van der Waals surface area contributed by atoms with E-state index in [-0.39, 0.29) is 37.6 Å². The summed E-state index contributed by atoms with van der Waals surface area (Å²) in [6.07, 6.45) is 2.88. The van der Waals surface area contributed by atoms with E-state index in [2.05, 4.69) is 15.2 Å². The molecular formula is C25H31F2N3O4. The number of hydrogen-bond acceptors (Lipinski definition) is 6. The highest BCUT2D eigenvalue weighted by Crippen LogP contribution is 2.48. The van der Waals surface area contributed by atoms with Gasteiger partial charge in [-0.15, -0.1) is 0 Å². The number of amides is 1. The van der Waals surface area contributed by atoms with Crippen molar-refractivity contribution in [2.45, 2.75) is 44.1 Å². The third-order valence-electron chi connectivity index (χ3n) is 6.31. The number of carbonyl (C=O) groups excluding carboxylic acids is 1. The Morgan fingerprint density at radius 3 is 2.65 bits per heavy atom. The first-order valence-corrected chi connectivity index (χ1v) is 11.7. The molecule has 0 bridgehead atoms. The van der Waals surface area contributed by atoms with Crippen molar-refractivity contribution in [1.82, 2.24) is 10.3 Å². The molecule has 1 aliphatic carbocycles. The number of hydrogen-bond donors (Lipinski definition) is 2. The first-order valence-electron chi connectivity index (χ1n) is 11.7. The molecule has 2 fully saturated rings. The van der Waals surface area contributed by atoms with E-state index in [4.69, 9.17) is 14.6 Å². The van der Waals surface area contributed by atoms with Crippen LogP contribution in [0.25, 0.3) is 0 Å². The molecule has 9 heteroatoms. The van der Waals surface area contributed by atoms with Gasteiger partial charge in [-0.1, -0.05) is 12.1 Å². The van der Waals surface area contributed by atoms with Gasteiger partial charge in [0.05, 0.1) is 31.2 Å². The number of aromatic nitrogens is 1. The lowest BCUT2D eigenvalue weighted by atomic mass is 10.0. The minimum atomic E-state index is -2.58. The highest BCUT2D eigenvalue weighted by Gasteiger charge is 2.57. The highest BCUT2D eigenvalue weighted by molar-refractivity contribution is 5.83. The molecule has 3 unspecified atom stereocenters. The normalized spacial score (nSPS) is 21.7. The molecule has 2 heterocycles. The zero-order valence-electron chi connectivity index (χ0n) is 19.3. The average Bonchev–Trinajstić information content (AvgIpc) is 3.21. The molecule has 2 aromatic rings. The van der Waals surface area contributed by atoms with Crippen LogP contribution in [0.3, 0.4) is 0 Å². The lowest BCUT2D eigenvalue weighted by Gasteiger charge is -2.19. The molecule has 0 spiro atoms. The Morgan fingerprint density at radius 1 is 1.26 bits per heavy atom. The molecule has 7 nitrogen and oxygen atoms in total. The van der Waals surface area contributed by atoms with E-state index in [1.165, 1.54) is 0 Å². The van der Waals surface area contributed by atoms with Gasteiger partial charge in [0.1, 0.15) is 23.4 Å². The molecule has 1 aliphatic heterocycles. The quantitative estimate of drug-likeness (QED) is 0.485. The van der Waals surface area contributed by atoms with Crippen molar-refractivity contribution in [3.8, 4) is 11.5 Å². The van der Waals surface area contributed by atoms with Crippen molar-refractivity contribution in [2.75, 3.05) is 37.7 Å². The van der Waals surface area contributed by atoms with Crippen LogP contribution in [0.4, 0.5) is 14.6 Å². The minimum absolute atomic E-state index is 0.0135. The van der Waals surface area contributed by atoms with Gasteiger partial charge in [0.2, 0.25) is 5.91 Å². The molecule has 4 rings (SSSR count). The standard InChI is InChI=1S/C25H31F2N3O4/c1-17(24(32)28-10-2-12-31)18-3-5-20(6-4-18)34-22-9-11-30(15-22)23-8-7-21(14-29-23)33-16-19-13-25(19,26)27/h3-8,14,17,19,22,31H,2,9-13,15-16H2,1H3,(H,28,32). The SMILES string of the molecule is CC(C(=O)NCCCO)c1ccc(OC2CCN(c3ccc(OCC4CC4(F)F)cn3)C2)cc1. The van der Waals surface area contributed by atoms with Gasteiger partial charge in [0.15, 0.2) is 0 Å². The van der Waals surface area contributed by atoms with E-state index in [1.54, 1.807) is 12.3 Å². The van der Waals surface area contributed by atoms with Gasteiger partial charge in [-0.2, -0.15) is 0 Å². The number of alkyl halides is 2. The number of aliphatic hydroxyl groups is 1. The summed E-state index contributed by atoms with van der Waals surface area (Å²) in [7, 11) is 0. The zero-order chi connectivity index (χ0) is 24.1. The lowest BCUT2D eigenvalue weighted by molar-refractivity contribution is -0.122. The third-order valence-corrected chi connectivity index (χ3v) is 6.31. The van der Waals surface area contributed by atoms with Crippen molar-refractivity contribution in [1.29, 1.82) is 0 Å². The van der Waals surface area contributed by atoms with Gasteiger partial charge < -0.3 is 24.8 Å².